The molecule has 0 aromatic heterocycles. The standard InChI is InChI=1S/C8H14NOSi/c1-7(10)9(6-11)8-4-2-3-5-8/h8H,2-6H2,1H3. The molecule has 3 heteroatoms. The summed E-state index contributed by atoms with van der Waals surface area (Å²) >= 11 is 0. The number of carbonyl (C=O) groups is 1. The van der Waals surface area contributed by atoms with Gasteiger partial charge in [-0.1, -0.05) is 12.8 Å². The Labute approximate surface area is 71.4 Å². The Balaban J connectivity index is 2.46. The van der Waals surface area contributed by atoms with Gasteiger partial charge in [-0.25, -0.2) is 0 Å². The predicted molar refractivity (Wildman–Crippen MR) is 45.4 cm³/mol. The van der Waals surface area contributed by atoms with Crippen molar-refractivity contribution in [1.29, 1.82) is 0 Å². The summed E-state index contributed by atoms with van der Waals surface area (Å²) in [4.78, 5) is 13.0. The summed E-state index contributed by atoms with van der Waals surface area (Å²) in [7, 11) is 3.38. The van der Waals surface area contributed by atoms with Crippen LogP contribution in [0.4, 0.5) is 0 Å². The maximum atomic E-state index is 11.1. The van der Waals surface area contributed by atoms with Crippen molar-refractivity contribution in [3.63, 3.8) is 0 Å². The first-order valence-corrected chi connectivity index (χ1v) is 4.88. The maximum absolute atomic E-state index is 11.1. The number of amides is 1. The molecule has 0 aliphatic heterocycles. The van der Waals surface area contributed by atoms with Gasteiger partial charge in [-0.15, -0.1) is 0 Å². The van der Waals surface area contributed by atoms with E-state index in [9.17, 15) is 4.79 Å². The van der Waals surface area contributed by atoms with Gasteiger partial charge in [0.05, 0.1) is 10.2 Å². The van der Waals surface area contributed by atoms with Gasteiger partial charge in [0, 0.05) is 19.1 Å². The van der Waals surface area contributed by atoms with Crippen molar-refractivity contribution in [2.45, 2.75) is 38.6 Å². The Morgan fingerprint density at radius 1 is 1.55 bits per heavy atom. The zero-order valence-corrected chi connectivity index (χ0v) is 7.97. The van der Waals surface area contributed by atoms with Crippen LogP contribution in [0, 0.1) is 0 Å². The van der Waals surface area contributed by atoms with Gasteiger partial charge in [-0.05, 0) is 12.8 Å². The van der Waals surface area contributed by atoms with E-state index in [1.807, 2.05) is 4.90 Å². The van der Waals surface area contributed by atoms with Crippen molar-refractivity contribution < 1.29 is 4.79 Å². The molecule has 1 saturated carbocycles. The fraction of sp³-hybridized carbons (Fsp3) is 0.875. The van der Waals surface area contributed by atoms with Crippen LogP contribution in [0.3, 0.4) is 0 Å². The summed E-state index contributed by atoms with van der Waals surface area (Å²) in [5.41, 5.74) is 0. The highest BCUT2D eigenvalue weighted by atomic mass is 28.1. The molecule has 2 nitrogen and oxygen atoms in total. The molecule has 3 radical (unpaired) electrons. The van der Waals surface area contributed by atoms with Crippen LogP contribution in [0.2, 0.25) is 0 Å². The van der Waals surface area contributed by atoms with Gasteiger partial charge < -0.3 is 4.90 Å². The average molecular weight is 168 g/mol. The summed E-state index contributed by atoms with van der Waals surface area (Å²) in [6.45, 7) is 1.64. The molecule has 1 aliphatic carbocycles. The monoisotopic (exact) mass is 168 g/mol. The smallest absolute Gasteiger partial charge is 0.219 e. The minimum Gasteiger partial charge on any atom is -0.344 e. The summed E-state index contributed by atoms with van der Waals surface area (Å²) in [5, 5.41) is 0. The first-order valence-electron chi connectivity index (χ1n) is 4.17. The third-order valence-electron chi connectivity index (χ3n) is 2.34. The van der Waals surface area contributed by atoms with Crippen LogP contribution in [0.15, 0.2) is 0 Å². The second-order valence-corrected chi connectivity index (χ2v) is 3.40. The molecule has 0 saturated heterocycles. The van der Waals surface area contributed by atoms with Gasteiger partial charge in [0.25, 0.3) is 0 Å². The van der Waals surface area contributed by atoms with Gasteiger partial charge in [0.2, 0.25) is 5.91 Å². The lowest BCUT2D eigenvalue weighted by Gasteiger charge is -2.26. The second kappa shape index (κ2) is 3.90. The largest absolute Gasteiger partial charge is 0.344 e. The molecule has 1 amide bonds. The van der Waals surface area contributed by atoms with Gasteiger partial charge >= 0.3 is 0 Å². The Morgan fingerprint density at radius 2 is 2.09 bits per heavy atom. The lowest BCUT2D eigenvalue weighted by molar-refractivity contribution is -0.129. The highest BCUT2D eigenvalue weighted by Gasteiger charge is 2.22. The molecule has 61 valence electrons. The first-order chi connectivity index (χ1) is 5.25. The zero-order chi connectivity index (χ0) is 8.27. The van der Waals surface area contributed by atoms with Crippen LogP contribution >= 0.6 is 0 Å². The molecule has 1 fully saturated rings. The van der Waals surface area contributed by atoms with Crippen molar-refractivity contribution >= 4 is 16.1 Å². The Kier molecular flexibility index (Phi) is 3.11. The first kappa shape index (κ1) is 8.78. The molecule has 1 aliphatic rings. The Morgan fingerprint density at radius 3 is 2.45 bits per heavy atom. The molecule has 0 aromatic carbocycles. The molecular weight excluding hydrogens is 154 g/mol. The van der Waals surface area contributed by atoms with Crippen LogP contribution in [0.25, 0.3) is 0 Å². The van der Waals surface area contributed by atoms with E-state index in [1.165, 1.54) is 25.7 Å². The number of hydrogen-bond donors (Lipinski definition) is 0. The Hall–Kier alpha value is -0.313. The van der Waals surface area contributed by atoms with Crippen LogP contribution in [0.1, 0.15) is 32.6 Å². The minimum atomic E-state index is 0.187. The van der Waals surface area contributed by atoms with Gasteiger partial charge in [-0.2, -0.15) is 0 Å². The highest BCUT2D eigenvalue weighted by molar-refractivity contribution is 6.09. The molecule has 11 heavy (non-hydrogen) atoms. The van der Waals surface area contributed by atoms with Gasteiger partial charge in [0.1, 0.15) is 0 Å². The van der Waals surface area contributed by atoms with E-state index in [0.717, 1.165) is 0 Å². The van der Waals surface area contributed by atoms with E-state index in [2.05, 4.69) is 10.2 Å². The summed E-state index contributed by atoms with van der Waals surface area (Å²) in [6, 6.07) is 0.505. The topological polar surface area (TPSA) is 20.3 Å². The van der Waals surface area contributed by atoms with Crippen LogP contribution in [-0.4, -0.2) is 33.3 Å². The van der Waals surface area contributed by atoms with E-state index in [1.54, 1.807) is 6.92 Å². The molecule has 0 spiro atoms. The minimum absolute atomic E-state index is 0.187. The Bertz CT molecular complexity index is 143. The van der Waals surface area contributed by atoms with Crippen LogP contribution in [-0.2, 0) is 4.79 Å². The van der Waals surface area contributed by atoms with E-state index >= 15 is 0 Å². The molecule has 0 atom stereocenters. The SMILES string of the molecule is CC(=O)N(C[Si])C1CCCC1. The van der Waals surface area contributed by atoms with E-state index in [-0.39, 0.29) is 5.91 Å². The summed E-state index contributed by atoms with van der Waals surface area (Å²) < 4.78 is 0. The molecular formula is C8H14NOSi. The average Bonchev–Trinajstić information content (AvgIpc) is 2.40. The molecule has 0 bridgehead atoms. The number of carbonyl (C=O) groups excluding carboxylic acids is 1. The fourth-order valence-electron chi connectivity index (χ4n) is 1.71. The van der Waals surface area contributed by atoms with Gasteiger partial charge in [-0.3, -0.25) is 4.79 Å². The third-order valence-corrected chi connectivity index (χ3v) is 2.68. The summed E-state index contributed by atoms with van der Waals surface area (Å²) in [6.07, 6.45) is 5.61. The lowest BCUT2D eigenvalue weighted by atomic mass is 10.2. The van der Waals surface area contributed by atoms with Crippen LogP contribution < -0.4 is 0 Å². The van der Waals surface area contributed by atoms with Crippen LogP contribution in [0.5, 0.6) is 0 Å². The molecule has 0 N–H and O–H groups in total. The maximum Gasteiger partial charge on any atom is 0.219 e. The fourth-order valence-corrected chi connectivity index (χ4v) is 2.19. The molecule has 0 unspecified atom stereocenters. The number of nitrogens with zero attached hydrogens (tertiary/aromatic N) is 1. The predicted octanol–water partition coefficient (Wildman–Crippen LogP) is 0.903. The van der Waals surface area contributed by atoms with E-state index in [0.29, 0.717) is 12.2 Å². The van der Waals surface area contributed by atoms with E-state index in [4.69, 9.17) is 0 Å². The number of hydrogen-bond acceptors (Lipinski definition) is 1. The normalized spacial score (nSPS) is 18.7. The lowest BCUT2D eigenvalue weighted by Crippen LogP contribution is -2.38. The van der Waals surface area contributed by atoms with Crippen molar-refractivity contribution in [3.8, 4) is 0 Å². The second-order valence-electron chi connectivity index (χ2n) is 3.09. The van der Waals surface area contributed by atoms with Crippen molar-refractivity contribution in [3.05, 3.63) is 0 Å². The highest BCUT2D eigenvalue weighted by Crippen LogP contribution is 2.22. The van der Waals surface area contributed by atoms with Crippen molar-refractivity contribution in [2.24, 2.45) is 0 Å². The molecule has 0 aromatic rings. The van der Waals surface area contributed by atoms with Crippen molar-refractivity contribution in [1.82, 2.24) is 4.90 Å². The van der Waals surface area contributed by atoms with E-state index < -0.39 is 0 Å². The summed E-state index contributed by atoms with van der Waals surface area (Å²) in [5.74, 6) is 0.187. The van der Waals surface area contributed by atoms with Crippen molar-refractivity contribution in [2.75, 3.05) is 6.17 Å². The van der Waals surface area contributed by atoms with Gasteiger partial charge in [0.15, 0.2) is 0 Å². The zero-order valence-electron chi connectivity index (χ0n) is 6.97. The quantitative estimate of drug-likeness (QED) is 0.561. The molecule has 0 heterocycles. The molecule has 1 rings (SSSR count). The third kappa shape index (κ3) is 2.06. The number of rotatable bonds is 2.